The molecule has 1 saturated heterocycles. The van der Waals surface area contributed by atoms with Gasteiger partial charge in [0.15, 0.2) is 0 Å². The minimum absolute atomic E-state index is 0.134. The highest BCUT2D eigenvalue weighted by Gasteiger charge is 2.48. The predicted octanol–water partition coefficient (Wildman–Crippen LogP) is 2.83. The molecule has 0 spiro atoms. The van der Waals surface area contributed by atoms with Crippen molar-refractivity contribution in [3.05, 3.63) is 35.6 Å². The lowest BCUT2D eigenvalue weighted by atomic mass is 9.99. The van der Waals surface area contributed by atoms with E-state index in [9.17, 15) is 9.18 Å². The monoisotopic (exact) mass is 276 g/mol. The third-order valence-electron chi connectivity index (χ3n) is 4.49. The Morgan fingerprint density at radius 3 is 2.70 bits per heavy atom. The highest BCUT2D eigenvalue weighted by molar-refractivity contribution is 5.85. The van der Waals surface area contributed by atoms with E-state index in [1.165, 1.54) is 6.07 Å². The first kappa shape index (κ1) is 13.6. The van der Waals surface area contributed by atoms with Crippen molar-refractivity contribution in [1.82, 2.24) is 10.2 Å². The first-order valence-electron chi connectivity index (χ1n) is 7.46. The second-order valence-electron chi connectivity index (χ2n) is 5.93. The van der Waals surface area contributed by atoms with E-state index in [0.717, 1.165) is 19.3 Å². The average molecular weight is 276 g/mol. The first-order chi connectivity index (χ1) is 9.63. The van der Waals surface area contributed by atoms with Crippen LogP contribution in [-0.4, -0.2) is 22.9 Å². The number of nitrogens with zero attached hydrogens (tertiary/aromatic N) is 1. The van der Waals surface area contributed by atoms with Crippen molar-refractivity contribution in [3.63, 3.8) is 0 Å². The molecule has 1 heterocycles. The maximum atomic E-state index is 14.1. The average Bonchev–Trinajstić information content (AvgIpc) is 3.22. The molecule has 1 aromatic rings. The third-order valence-corrected chi connectivity index (χ3v) is 4.49. The second-order valence-corrected chi connectivity index (χ2v) is 5.93. The molecular formula is C16H21FN2O. The number of benzene rings is 1. The summed E-state index contributed by atoms with van der Waals surface area (Å²) in [7, 11) is 0. The highest BCUT2D eigenvalue weighted by Crippen LogP contribution is 2.39. The van der Waals surface area contributed by atoms with Crippen LogP contribution in [0.25, 0.3) is 0 Å². The summed E-state index contributed by atoms with van der Waals surface area (Å²) in [6.45, 7) is 4.15. The van der Waals surface area contributed by atoms with E-state index in [0.29, 0.717) is 5.56 Å². The lowest BCUT2D eigenvalue weighted by molar-refractivity contribution is -0.131. The van der Waals surface area contributed by atoms with E-state index >= 15 is 0 Å². The van der Waals surface area contributed by atoms with Gasteiger partial charge in [-0.3, -0.25) is 10.1 Å². The van der Waals surface area contributed by atoms with Gasteiger partial charge in [0.25, 0.3) is 0 Å². The molecule has 3 atom stereocenters. The number of hydrogen-bond donors (Lipinski definition) is 1. The van der Waals surface area contributed by atoms with Crippen LogP contribution in [0.3, 0.4) is 0 Å². The molecule has 3 nitrogen and oxygen atoms in total. The van der Waals surface area contributed by atoms with Crippen molar-refractivity contribution < 1.29 is 9.18 Å². The van der Waals surface area contributed by atoms with Gasteiger partial charge in [-0.25, -0.2) is 4.39 Å². The number of rotatable bonds is 4. The molecule has 1 aliphatic carbocycles. The van der Waals surface area contributed by atoms with Crippen LogP contribution < -0.4 is 5.32 Å². The van der Waals surface area contributed by atoms with E-state index in [1.54, 1.807) is 12.1 Å². The van der Waals surface area contributed by atoms with Crippen molar-refractivity contribution >= 4 is 5.91 Å². The molecule has 0 radical (unpaired) electrons. The maximum absolute atomic E-state index is 14.1. The third kappa shape index (κ3) is 2.22. The van der Waals surface area contributed by atoms with E-state index < -0.39 is 0 Å². The van der Waals surface area contributed by atoms with Crippen molar-refractivity contribution in [2.24, 2.45) is 5.92 Å². The predicted molar refractivity (Wildman–Crippen MR) is 75.4 cm³/mol. The number of amides is 1. The molecule has 3 unspecified atom stereocenters. The van der Waals surface area contributed by atoms with Gasteiger partial charge in [0.05, 0.1) is 6.04 Å². The summed E-state index contributed by atoms with van der Waals surface area (Å²) in [6.07, 6.45) is 2.69. The molecule has 4 heteroatoms. The van der Waals surface area contributed by atoms with E-state index in [1.807, 2.05) is 11.0 Å². The normalized spacial score (nSPS) is 27.9. The Balaban J connectivity index is 1.93. The minimum Gasteiger partial charge on any atom is -0.318 e. The molecule has 0 bridgehead atoms. The zero-order chi connectivity index (χ0) is 14.3. The molecule has 1 amide bonds. The second kappa shape index (κ2) is 5.17. The molecule has 108 valence electrons. The van der Waals surface area contributed by atoms with Crippen LogP contribution in [0.5, 0.6) is 0 Å². The van der Waals surface area contributed by atoms with Gasteiger partial charge in [-0.05, 0) is 24.8 Å². The Morgan fingerprint density at radius 2 is 2.10 bits per heavy atom. The standard InChI is InChI=1S/C16H21FN2O/c1-3-10(2)14-16(20)19(11-8-9-11)15(18-14)12-6-4-5-7-13(12)17/h4-7,10-11,14-15,18H,3,8-9H2,1-2H3. The smallest absolute Gasteiger partial charge is 0.241 e. The fourth-order valence-corrected chi connectivity index (χ4v) is 2.93. The Kier molecular flexibility index (Phi) is 3.50. The van der Waals surface area contributed by atoms with Crippen LogP contribution in [0.2, 0.25) is 0 Å². The van der Waals surface area contributed by atoms with Gasteiger partial charge in [0, 0.05) is 11.6 Å². The van der Waals surface area contributed by atoms with Crippen molar-refractivity contribution in [3.8, 4) is 0 Å². The summed E-state index contributed by atoms with van der Waals surface area (Å²) in [5.41, 5.74) is 0.582. The zero-order valence-electron chi connectivity index (χ0n) is 12.0. The number of halogens is 1. The maximum Gasteiger partial charge on any atom is 0.241 e. The Hall–Kier alpha value is -1.42. The van der Waals surface area contributed by atoms with Crippen molar-refractivity contribution in [2.45, 2.75) is 51.4 Å². The fourth-order valence-electron chi connectivity index (χ4n) is 2.93. The minimum atomic E-state index is -0.310. The zero-order valence-corrected chi connectivity index (χ0v) is 12.0. The Morgan fingerprint density at radius 1 is 1.40 bits per heavy atom. The summed E-state index contributed by atoms with van der Waals surface area (Å²) < 4.78 is 14.1. The van der Waals surface area contributed by atoms with Gasteiger partial charge in [-0.1, -0.05) is 38.5 Å². The van der Waals surface area contributed by atoms with Gasteiger partial charge in [0.1, 0.15) is 12.0 Å². The molecule has 1 aliphatic heterocycles. The topological polar surface area (TPSA) is 32.3 Å². The number of carbonyl (C=O) groups is 1. The molecule has 2 fully saturated rings. The summed E-state index contributed by atoms with van der Waals surface area (Å²) >= 11 is 0. The van der Waals surface area contributed by atoms with Crippen LogP contribution in [0.15, 0.2) is 24.3 Å². The van der Waals surface area contributed by atoms with Crippen LogP contribution in [-0.2, 0) is 4.79 Å². The van der Waals surface area contributed by atoms with E-state index in [2.05, 4.69) is 19.2 Å². The largest absolute Gasteiger partial charge is 0.318 e. The summed E-state index contributed by atoms with van der Waals surface area (Å²) in [4.78, 5) is 14.5. The molecular weight excluding hydrogens is 255 g/mol. The highest BCUT2D eigenvalue weighted by atomic mass is 19.1. The number of hydrogen-bond acceptors (Lipinski definition) is 2. The quantitative estimate of drug-likeness (QED) is 0.917. The lowest BCUT2D eigenvalue weighted by Crippen LogP contribution is -2.36. The van der Waals surface area contributed by atoms with Gasteiger partial charge >= 0.3 is 0 Å². The molecule has 0 aromatic heterocycles. The van der Waals surface area contributed by atoms with E-state index in [-0.39, 0.29) is 35.9 Å². The van der Waals surface area contributed by atoms with Crippen molar-refractivity contribution in [2.75, 3.05) is 0 Å². The molecule has 20 heavy (non-hydrogen) atoms. The fraction of sp³-hybridized carbons (Fsp3) is 0.562. The summed E-state index contributed by atoms with van der Waals surface area (Å²) in [5, 5.41) is 3.36. The molecule has 1 N–H and O–H groups in total. The molecule has 1 aromatic carbocycles. The van der Waals surface area contributed by atoms with Crippen LogP contribution >= 0.6 is 0 Å². The van der Waals surface area contributed by atoms with Gasteiger partial charge in [0.2, 0.25) is 5.91 Å². The SMILES string of the molecule is CCC(C)C1NC(c2ccccc2F)N(C2CC2)C1=O. The number of carbonyl (C=O) groups excluding carboxylic acids is 1. The Bertz CT molecular complexity index is 515. The lowest BCUT2D eigenvalue weighted by Gasteiger charge is -2.24. The summed E-state index contributed by atoms with van der Waals surface area (Å²) in [5.74, 6) is 0.156. The van der Waals surface area contributed by atoms with Crippen molar-refractivity contribution in [1.29, 1.82) is 0 Å². The van der Waals surface area contributed by atoms with Gasteiger partial charge in [-0.15, -0.1) is 0 Å². The van der Waals surface area contributed by atoms with E-state index in [4.69, 9.17) is 0 Å². The summed E-state index contributed by atoms with van der Waals surface area (Å²) in [6, 6.07) is 6.84. The first-order valence-corrected chi connectivity index (χ1v) is 7.46. The van der Waals surface area contributed by atoms with Crippen LogP contribution in [0, 0.1) is 11.7 Å². The van der Waals surface area contributed by atoms with Crippen LogP contribution in [0.1, 0.15) is 44.8 Å². The number of nitrogens with one attached hydrogen (secondary N) is 1. The van der Waals surface area contributed by atoms with Crippen LogP contribution in [0.4, 0.5) is 4.39 Å². The Labute approximate surface area is 119 Å². The van der Waals surface area contributed by atoms with Gasteiger partial charge in [-0.2, -0.15) is 0 Å². The molecule has 1 saturated carbocycles. The molecule has 2 aliphatic rings. The molecule has 3 rings (SSSR count). The van der Waals surface area contributed by atoms with Gasteiger partial charge < -0.3 is 4.90 Å².